The molecule has 5 heteroatoms. The average Bonchev–Trinajstić information content (AvgIpc) is 2.55. The smallest absolute Gasteiger partial charge is 0.228 e. The minimum absolute atomic E-state index is 0.0180. The van der Waals surface area contributed by atoms with Crippen LogP contribution in [0.3, 0.4) is 0 Å². The molecule has 2 aromatic carbocycles. The third kappa shape index (κ3) is 5.46. The fraction of sp³-hybridized carbons (Fsp3) is 0.222. The van der Waals surface area contributed by atoms with Crippen LogP contribution in [0.15, 0.2) is 48.5 Å². The maximum absolute atomic E-state index is 12.1. The van der Waals surface area contributed by atoms with Crippen LogP contribution in [0.2, 0.25) is 0 Å². The zero-order valence-electron chi connectivity index (χ0n) is 12.7. The van der Waals surface area contributed by atoms with Crippen LogP contribution in [-0.2, 0) is 17.6 Å². The molecule has 0 aliphatic heterocycles. The molecule has 2 rings (SSSR count). The van der Waals surface area contributed by atoms with Crippen LogP contribution in [0.1, 0.15) is 11.1 Å². The zero-order chi connectivity index (χ0) is 16.5. The summed E-state index contributed by atoms with van der Waals surface area (Å²) in [4.78, 5) is 12.1. The van der Waals surface area contributed by atoms with Crippen molar-refractivity contribution in [1.82, 2.24) is 0 Å². The first kappa shape index (κ1) is 16.5. The van der Waals surface area contributed by atoms with Gasteiger partial charge in [-0.1, -0.05) is 24.3 Å². The van der Waals surface area contributed by atoms with Crippen molar-refractivity contribution in [1.29, 1.82) is 5.26 Å². The van der Waals surface area contributed by atoms with Gasteiger partial charge in [0.2, 0.25) is 5.91 Å². The molecule has 0 aromatic heterocycles. The van der Waals surface area contributed by atoms with Crippen molar-refractivity contribution in [2.45, 2.75) is 12.8 Å². The van der Waals surface area contributed by atoms with Crippen LogP contribution < -0.4 is 10.1 Å². The lowest BCUT2D eigenvalue weighted by Crippen LogP contribution is -2.14. The monoisotopic (exact) mass is 310 g/mol. The number of amides is 1. The number of nitriles is 1. The molecule has 23 heavy (non-hydrogen) atoms. The van der Waals surface area contributed by atoms with Gasteiger partial charge in [0.25, 0.3) is 0 Å². The fourth-order valence-electron chi connectivity index (χ4n) is 2.14. The van der Waals surface area contributed by atoms with E-state index in [0.29, 0.717) is 17.9 Å². The Balaban J connectivity index is 1.92. The zero-order valence-corrected chi connectivity index (χ0v) is 12.7. The van der Waals surface area contributed by atoms with E-state index in [0.717, 1.165) is 11.1 Å². The van der Waals surface area contributed by atoms with Crippen molar-refractivity contribution in [3.8, 4) is 11.8 Å². The average molecular weight is 310 g/mol. The van der Waals surface area contributed by atoms with Crippen LogP contribution in [0, 0.1) is 11.3 Å². The molecule has 118 valence electrons. The first-order valence-electron chi connectivity index (χ1n) is 7.29. The van der Waals surface area contributed by atoms with Crippen molar-refractivity contribution >= 4 is 11.6 Å². The van der Waals surface area contributed by atoms with E-state index in [9.17, 15) is 4.79 Å². The largest absolute Gasteiger partial charge is 0.479 e. The van der Waals surface area contributed by atoms with Crippen LogP contribution in [0.25, 0.3) is 0 Å². The van der Waals surface area contributed by atoms with Gasteiger partial charge < -0.3 is 15.2 Å². The molecule has 0 spiro atoms. The maximum atomic E-state index is 12.1. The number of nitrogens with zero attached hydrogens (tertiary/aromatic N) is 1. The van der Waals surface area contributed by atoms with Gasteiger partial charge in [0.15, 0.2) is 6.61 Å². The fourth-order valence-corrected chi connectivity index (χ4v) is 2.14. The van der Waals surface area contributed by atoms with E-state index in [4.69, 9.17) is 15.1 Å². The molecule has 0 atom stereocenters. The first-order valence-corrected chi connectivity index (χ1v) is 7.29. The number of nitrogens with one attached hydrogen (secondary N) is 1. The Morgan fingerprint density at radius 1 is 1.17 bits per heavy atom. The highest BCUT2D eigenvalue weighted by Crippen LogP contribution is 2.15. The number of aliphatic hydroxyl groups is 1. The molecule has 0 radical (unpaired) electrons. The number of rotatable bonds is 7. The highest BCUT2D eigenvalue weighted by molar-refractivity contribution is 5.92. The van der Waals surface area contributed by atoms with E-state index in [2.05, 4.69) is 5.32 Å². The normalized spacial score (nSPS) is 9.91. The van der Waals surface area contributed by atoms with Crippen molar-refractivity contribution in [3.63, 3.8) is 0 Å². The Hall–Kier alpha value is -2.84. The summed E-state index contributed by atoms with van der Waals surface area (Å²) in [5, 5.41) is 20.2. The van der Waals surface area contributed by atoms with Crippen LogP contribution in [-0.4, -0.2) is 24.2 Å². The third-order valence-electron chi connectivity index (χ3n) is 3.20. The van der Waals surface area contributed by atoms with Crippen molar-refractivity contribution in [2.24, 2.45) is 0 Å². The molecule has 0 aliphatic rings. The molecule has 0 fully saturated rings. The SMILES string of the molecule is N#CCOc1cccc(CC(=O)Nc2ccc(CCO)cc2)c1. The Morgan fingerprint density at radius 3 is 2.65 bits per heavy atom. The second-order valence-electron chi connectivity index (χ2n) is 4.99. The number of hydrogen-bond acceptors (Lipinski definition) is 4. The number of carbonyl (C=O) groups excluding carboxylic acids is 1. The second kappa shape index (κ2) is 8.57. The number of hydrogen-bond donors (Lipinski definition) is 2. The Morgan fingerprint density at radius 2 is 1.96 bits per heavy atom. The lowest BCUT2D eigenvalue weighted by molar-refractivity contribution is -0.115. The summed E-state index contributed by atoms with van der Waals surface area (Å²) in [7, 11) is 0. The molecular weight excluding hydrogens is 292 g/mol. The summed E-state index contributed by atoms with van der Waals surface area (Å²) in [5.41, 5.74) is 2.55. The van der Waals surface area contributed by atoms with Crippen LogP contribution in [0.4, 0.5) is 5.69 Å². The predicted molar refractivity (Wildman–Crippen MR) is 87.1 cm³/mol. The van der Waals surface area contributed by atoms with Gasteiger partial charge in [-0.25, -0.2) is 0 Å². The Labute approximate surface area is 135 Å². The van der Waals surface area contributed by atoms with Gasteiger partial charge >= 0.3 is 0 Å². The molecular formula is C18H18N2O3. The van der Waals surface area contributed by atoms with Crippen LogP contribution in [0.5, 0.6) is 5.75 Å². The number of anilines is 1. The Kier molecular flexibility index (Phi) is 6.16. The molecule has 2 aromatic rings. The lowest BCUT2D eigenvalue weighted by atomic mass is 10.1. The topological polar surface area (TPSA) is 82.3 Å². The van der Waals surface area contributed by atoms with Gasteiger partial charge in [-0.3, -0.25) is 4.79 Å². The molecule has 1 amide bonds. The second-order valence-corrected chi connectivity index (χ2v) is 4.99. The molecule has 0 saturated heterocycles. The lowest BCUT2D eigenvalue weighted by Gasteiger charge is -2.08. The quantitative estimate of drug-likeness (QED) is 0.822. The van der Waals surface area contributed by atoms with Crippen molar-refractivity contribution in [3.05, 3.63) is 59.7 Å². The maximum Gasteiger partial charge on any atom is 0.228 e. The number of ether oxygens (including phenoxy) is 1. The van der Waals surface area contributed by atoms with Crippen molar-refractivity contribution in [2.75, 3.05) is 18.5 Å². The summed E-state index contributed by atoms with van der Waals surface area (Å²) >= 11 is 0. The standard InChI is InChI=1S/C18H18N2O3/c19-9-11-23-17-3-1-2-15(12-17)13-18(22)20-16-6-4-14(5-7-16)8-10-21/h1-7,12,21H,8,10-11,13H2,(H,20,22). The summed E-state index contributed by atoms with van der Waals surface area (Å²) in [6.45, 7) is 0.0890. The highest BCUT2D eigenvalue weighted by Gasteiger charge is 2.05. The molecule has 0 heterocycles. The van der Waals surface area contributed by atoms with E-state index >= 15 is 0 Å². The molecule has 0 unspecified atom stereocenters. The molecule has 2 N–H and O–H groups in total. The number of carbonyl (C=O) groups is 1. The summed E-state index contributed by atoms with van der Waals surface area (Å²) in [6, 6.07) is 16.4. The van der Waals surface area contributed by atoms with Crippen molar-refractivity contribution < 1.29 is 14.6 Å². The van der Waals surface area contributed by atoms with E-state index in [1.165, 1.54) is 0 Å². The summed E-state index contributed by atoms with van der Waals surface area (Å²) in [6.07, 6.45) is 0.825. The summed E-state index contributed by atoms with van der Waals surface area (Å²) < 4.78 is 5.22. The summed E-state index contributed by atoms with van der Waals surface area (Å²) in [5.74, 6) is 0.447. The highest BCUT2D eigenvalue weighted by atomic mass is 16.5. The third-order valence-corrected chi connectivity index (χ3v) is 3.20. The van der Waals surface area contributed by atoms with Gasteiger partial charge in [0, 0.05) is 12.3 Å². The Bertz CT molecular complexity index is 690. The minimum atomic E-state index is -0.127. The molecule has 0 bridgehead atoms. The van der Waals surface area contributed by atoms with Crippen LogP contribution >= 0.6 is 0 Å². The van der Waals surface area contributed by atoms with Gasteiger partial charge in [0.05, 0.1) is 6.42 Å². The molecule has 0 aliphatic carbocycles. The predicted octanol–water partition coefficient (Wildman–Crippen LogP) is 2.30. The van der Waals surface area contributed by atoms with Gasteiger partial charge in [-0.2, -0.15) is 5.26 Å². The molecule has 5 nitrogen and oxygen atoms in total. The van der Waals surface area contributed by atoms with Gasteiger partial charge in [-0.05, 0) is 41.8 Å². The molecule has 0 saturated carbocycles. The van der Waals surface area contributed by atoms with E-state index < -0.39 is 0 Å². The number of benzene rings is 2. The minimum Gasteiger partial charge on any atom is -0.479 e. The first-order chi connectivity index (χ1) is 11.2. The van der Waals surface area contributed by atoms with Gasteiger partial charge in [-0.15, -0.1) is 0 Å². The van der Waals surface area contributed by atoms with E-state index in [-0.39, 0.29) is 25.5 Å². The van der Waals surface area contributed by atoms with Gasteiger partial charge in [0.1, 0.15) is 11.8 Å². The van der Waals surface area contributed by atoms with E-state index in [1.807, 2.05) is 36.4 Å². The number of aliphatic hydroxyl groups excluding tert-OH is 1. The van der Waals surface area contributed by atoms with E-state index in [1.54, 1.807) is 18.2 Å².